The Labute approximate surface area is 77.7 Å². The third-order valence-electron chi connectivity index (χ3n) is 1.61. The molecule has 0 rings (SSSR count). The molecule has 5 nitrogen and oxygen atoms in total. The first-order valence-corrected chi connectivity index (χ1v) is 4.19. The molecule has 3 N–H and O–H groups in total. The molecule has 78 valence electrons. The van der Waals surface area contributed by atoms with Gasteiger partial charge >= 0.3 is 5.97 Å². The van der Waals surface area contributed by atoms with Gasteiger partial charge in [0.05, 0.1) is 26.2 Å². The summed E-state index contributed by atoms with van der Waals surface area (Å²) < 4.78 is 4.46. The highest BCUT2D eigenvalue weighted by molar-refractivity contribution is 5.69. The average Bonchev–Trinajstić information content (AvgIpc) is 2.13. The molecular formula is C8H17NO4. The lowest BCUT2D eigenvalue weighted by Gasteiger charge is -2.14. The second kappa shape index (κ2) is 6.82. The molecule has 2 atom stereocenters. The molecule has 0 aromatic carbocycles. The molecule has 0 spiro atoms. The number of rotatable bonds is 6. The first-order chi connectivity index (χ1) is 6.10. The first kappa shape index (κ1) is 12.3. The highest BCUT2D eigenvalue weighted by Gasteiger charge is 2.09. The van der Waals surface area contributed by atoms with Crippen molar-refractivity contribution in [2.24, 2.45) is 0 Å². The van der Waals surface area contributed by atoms with Crippen molar-refractivity contribution in [3.05, 3.63) is 0 Å². The zero-order chi connectivity index (χ0) is 10.3. The van der Waals surface area contributed by atoms with Crippen molar-refractivity contribution < 1.29 is 19.7 Å². The molecule has 0 aliphatic carbocycles. The average molecular weight is 191 g/mol. The third-order valence-corrected chi connectivity index (χ3v) is 1.61. The molecule has 0 aliphatic heterocycles. The van der Waals surface area contributed by atoms with Gasteiger partial charge in [-0.3, -0.25) is 4.79 Å². The van der Waals surface area contributed by atoms with Gasteiger partial charge in [-0.1, -0.05) is 0 Å². The summed E-state index contributed by atoms with van der Waals surface area (Å²) in [6, 6.07) is -0.0614. The highest BCUT2D eigenvalue weighted by atomic mass is 16.5. The minimum absolute atomic E-state index is 0.0614. The second-order valence-corrected chi connectivity index (χ2v) is 2.93. The predicted molar refractivity (Wildman–Crippen MR) is 47.2 cm³/mol. The van der Waals surface area contributed by atoms with E-state index in [1.807, 2.05) is 0 Å². The largest absolute Gasteiger partial charge is 0.469 e. The van der Waals surface area contributed by atoms with Crippen LogP contribution < -0.4 is 5.32 Å². The van der Waals surface area contributed by atoms with Crippen LogP contribution in [-0.4, -0.2) is 48.6 Å². The van der Waals surface area contributed by atoms with Gasteiger partial charge in [0.15, 0.2) is 0 Å². The summed E-state index contributed by atoms with van der Waals surface area (Å²) in [4.78, 5) is 10.8. The smallest absolute Gasteiger partial charge is 0.307 e. The molecule has 0 saturated carbocycles. The Kier molecular flexibility index (Phi) is 6.48. The van der Waals surface area contributed by atoms with Crippen molar-refractivity contribution in [2.45, 2.75) is 25.5 Å². The summed E-state index contributed by atoms with van der Waals surface area (Å²) >= 11 is 0. The maximum absolute atomic E-state index is 10.8. The van der Waals surface area contributed by atoms with E-state index in [-0.39, 0.29) is 31.6 Å². The molecule has 0 aromatic heterocycles. The van der Waals surface area contributed by atoms with Gasteiger partial charge in [-0.2, -0.15) is 0 Å². The van der Waals surface area contributed by atoms with Gasteiger partial charge in [-0.05, 0) is 6.92 Å². The van der Waals surface area contributed by atoms with E-state index >= 15 is 0 Å². The lowest BCUT2D eigenvalue weighted by atomic mass is 10.2. The minimum Gasteiger partial charge on any atom is -0.469 e. The number of nitrogens with one attached hydrogen (secondary N) is 1. The molecule has 2 unspecified atom stereocenters. The molecule has 0 saturated heterocycles. The fraction of sp³-hybridized carbons (Fsp3) is 0.875. The third kappa shape index (κ3) is 6.51. The number of hydrogen-bond acceptors (Lipinski definition) is 5. The fourth-order valence-corrected chi connectivity index (χ4v) is 0.807. The van der Waals surface area contributed by atoms with Crippen molar-refractivity contribution in [1.29, 1.82) is 0 Å². The van der Waals surface area contributed by atoms with Crippen molar-refractivity contribution in [3.8, 4) is 0 Å². The zero-order valence-electron chi connectivity index (χ0n) is 7.99. The Morgan fingerprint density at radius 3 is 2.69 bits per heavy atom. The van der Waals surface area contributed by atoms with Crippen molar-refractivity contribution in [3.63, 3.8) is 0 Å². The van der Waals surface area contributed by atoms with Gasteiger partial charge in [-0.25, -0.2) is 0 Å². The van der Waals surface area contributed by atoms with E-state index in [4.69, 9.17) is 10.2 Å². The van der Waals surface area contributed by atoms with E-state index in [1.54, 1.807) is 6.92 Å². The predicted octanol–water partition coefficient (Wildman–Crippen LogP) is -1.12. The molecule has 0 amide bonds. The molecule has 0 aliphatic rings. The summed E-state index contributed by atoms with van der Waals surface area (Å²) in [7, 11) is 1.33. The number of methoxy groups -OCH3 is 1. The van der Waals surface area contributed by atoms with Crippen LogP contribution in [0.15, 0.2) is 0 Å². The summed E-state index contributed by atoms with van der Waals surface area (Å²) in [6.07, 6.45) is -0.519. The van der Waals surface area contributed by atoms with Gasteiger partial charge in [0.1, 0.15) is 0 Å². The van der Waals surface area contributed by atoms with Crippen molar-refractivity contribution >= 4 is 5.97 Å². The molecule has 0 bridgehead atoms. The normalized spacial score (nSPS) is 15.1. The zero-order valence-corrected chi connectivity index (χ0v) is 7.99. The van der Waals surface area contributed by atoms with Gasteiger partial charge in [-0.15, -0.1) is 0 Å². The Morgan fingerprint density at radius 1 is 1.62 bits per heavy atom. The fourth-order valence-electron chi connectivity index (χ4n) is 0.807. The molecule has 5 heteroatoms. The van der Waals surface area contributed by atoms with Crippen LogP contribution in [0.1, 0.15) is 13.3 Å². The number of carbonyl (C=O) groups is 1. The second-order valence-electron chi connectivity index (χ2n) is 2.93. The Morgan fingerprint density at radius 2 is 2.23 bits per heavy atom. The number of carbonyl (C=O) groups excluding carboxylic acids is 1. The van der Waals surface area contributed by atoms with Crippen LogP contribution in [0, 0.1) is 0 Å². The monoisotopic (exact) mass is 191 g/mol. The summed E-state index contributed by atoms with van der Waals surface area (Å²) in [5.74, 6) is -0.293. The summed E-state index contributed by atoms with van der Waals surface area (Å²) in [6.45, 7) is 1.80. The van der Waals surface area contributed by atoms with Gasteiger partial charge in [0.25, 0.3) is 0 Å². The quantitative estimate of drug-likeness (QED) is 0.463. The number of hydrogen-bond donors (Lipinski definition) is 3. The maximum Gasteiger partial charge on any atom is 0.307 e. The van der Waals surface area contributed by atoms with E-state index < -0.39 is 6.10 Å². The van der Waals surface area contributed by atoms with Gasteiger partial charge < -0.3 is 20.3 Å². The summed E-state index contributed by atoms with van der Waals surface area (Å²) in [5.41, 5.74) is 0. The van der Waals surface area contributed by atoms with E-state index in [0.717, 1.165) is 0 Å². The number of ether oxygens (including phenoxy) is 1. The van der Waals surface area contributed by atoms with Crippen LogP contribution >= 0.6 is 0 Å². The number of esters is 1. The van der Waals surface area contributed by atoms with Crippen molar-refractivity contribution in [2.75, 3.05) is 20.3 Å². The van der Waals surface area contributed by atoms with Crippen LogP contribution in [0.2, 0.25) is 0 Å². The SMILES string of the molecule is COC(=O)CC(C)NCC(O)CO. The van der Waals surface area contributed by atoms with E-state index in [0.29, 0.717) is 0 Å². The van der Waals surface area contributed by atoms with Crippen LogP contribution in [0.5, 0.6) is 0 Å². The van der Waals surface area contributed by atoms with Crippen LogP contribution in [-0.2, 0) is 9.53 Å². The Balaban J connectivity index is 3.50. The van der Waals surface area contributed by atoms with Gasteiger partial charge in [0, 0.05) is 12.6 Å². The molecule has 0 heterocycles. The minimum atomic E-state index is -0.778. The molecule has 13 heavy (non-hydrogen) atoms. The van der Waals surface area contributed by atoms with Crippen LogP contribution in [0.25, 0.3) is 0 Å². The standard InChI is InChI=1S/C8H17NO4/c1-6(3-8(12)13-2)9-4-7(11)5-10/h6-7,9-11H,3-5H2,1-2H3. The number of aliphatic hydroxyl groups excluding tert-OH is 2. The van der Waals surface area contributed by atoms with Crippen LogP contribution in [0.3, 0.4) is 0 Å². The highest BCUT2D eigenvalue weighted by Crippen LogP contribution is 1.92. The maximum atomic E-state index is 10.8. The molecule has 0 fully saturated rings. The molecule has 0 aromatic rings. The van der Waals surface area contributed by atoms with E-state index in [2.05, 4.69) is 10.1 Å². The molecular weight excluding hydrogens is 174 g/mol. The van der Waals surface area contributed by atoms with Crippen LogP contribution in [0.4, 0.5) is 0 Å². The van der Waals surface area contributed by atoms with E-state index in [9.17, 15) is 4.79 Å². The van der Waals surface area contributed by atoms with E-state index in [1.165, 1.54) is 7.11 Å². The lowest BCUT2D eigenvalue weighted by molar-refractivity contribution is -0.141. The lowest BCUT2D eigenvalue weighted by Crippen LogP contribution is -2.36. The summed E-state index contributed by atoms with van der Waals surface area (Å²) in [5, 5.41) is 20.4. The Hall–Kier alpha value is -0.650. The topological polar surface area (TPSA) is 78.8 Å². The first-order valence-electron chi connectivity index (χ1n) is 4.19. The number of aliphatic hydroxyl groups is 2. The van der Waals surface area contributed by atoms with Crippen molar-refractivity contribution in [1.82, 2.24) is 5.32 Å². The molecule has 0 radical (unpaired) electrons. The van der Waals surface area contributed by atoms with Gasteiger partial charge in [0.2, 0.25) is 0 Å². The Bertz CT molecular complexity index is 151.